The van der Waals surface area contributed by atoms with Crippen molar-refractivity contribution in [2.75, 3.05) is 12.4 Å². The van der Waals surface area contributed by atoms with Gasteiger partial charge in [0.1, 0.15) is 6.10 Å². The number of rotatable bonds is 9. The molecule has 3 aliphatic carbocycles. The quantitative estimate of drug-likeness (QED) is 0.246. The predicted molar refractivity (Wildman–Crippen MR) is 162 cm³/mol. The maximum atomic E-state index is 12.9. The summed E-state index contributed by atoms with van der Waals surface area (Å²) in [5.74, 6) is 0.958. The van der Waals surface area contributed by atoms with Gasteiger partial charge in [-0.25, -0.2) is 0 Å². The molecule has 3 fully saturated rings. The van der Waals surface area contributed by atoms with Crippen LogP contribution in [0.1, 0.15) is 107 Å². The molecule has 1 N–H and O–H groups in total. The first-order valence-electron chi connectivity index (χ1n) is 16.0. The first-order chi connectivity index (χ1) is 20.5. The van der Waals surface area contributed by atoms with E-state index in [2.05, 4.69) is 17.4 Å². The average Bonchev–Trinajstić information content (AvgIpc) is 3.03. The van der Waals surface area contributed by atoms with E-state index in [-0.39, 0.29) is 42.2 Å². The van der Waals surface area contributed by atoms with E-state index in [1.165, 1.54) is 25.5 Å². The van der Waals surface area contributed by atoms with Crippen LogP contribution in [0.15, 0.2) is 42.5 Å². The van der Waals surface area contributed by atoms with Gasteiger partial charge in [-0.05, 0) is 92.7 Å². The van der Waals surface area contributed by atoms with E-state index in [1.807, 2.05) is 18.2 Å². The van der Waals surface area contributed by atoms with Gasteiger partial charge in [-0.2, -0.15) is 0 Å². The van der Waals surface area contributed by atoms with Crippen LogP contribution in [0.3, 0.4) is 0 Å². The minimum atomic E-state index is -0.202. The lowest BCUT2D eigenvalue weighted by atomic mass is 9.82. The van der Waals surface area contributed by atoms with Crippen LogP contribution in [0.5, 0.6) is 11.5 Å². The predicted octanol–water partition coefficient (Wildman–Crippen LogP) is 7.51. The van der Waals surface area contributed by atoms with Crippen LogP contribution in [0.25, 0.3) is 0 Å². The molecule has 42 heavy (non-hydrogen) atoms. The number of carbonyl (C=O) groups excluding carboxylic acids is 3. The fraction of sp³-hybridized carbons (Fsp3) is 0.571. The fourth-order valence-corrected chi connectivity index (χ4v) is 6.81. The molecule has 3 saturated carbocycles. The van der Waals surface area contributed by atoms with Gasteiger partial charge < -0.3 is 19.5 Å². The van der Waals surface area contributed by atoms with Crippen molar-refractivity contribution < 1.29 is 28.6 Å². The van der Waals surface area contributed by atoms with Gasteiger partial charge in [-0.1, -0.05) is 56.7 Å². The fourth-order valence-electron chi connectivity index (χ4n) is 6.81. The molecule has 2 aromatic rings. The summed E-state index contributed by atoms with van der Waals surface area (Å²) in [6.07, 6.45) is 14.4. The van der Waals surface area contributed by atoms with E-state index in [1.54, 1.807) is 12.1 Å². The third-order valence-corrected chi connectivity index (χ3v) is 9.28. The van der Waals surface area contributed by atoms with Crippen LogP contribution in [0.2, 0.25) is 0 Å². The van der Waals surface area contributed by atoms with E-state index in [0.717, 1.165) is 88.3 Å². The lowest BCUT2D eigenvalue weighted by Gasteiger charge is -2.30. The van der Waals surface area contributed by atoms with Gasteiger partial charge in [0, 0.05) is 5.69 Å². The highest BCUT2D eigenvalue weighted by molar-refractivity contribution is 5.92. The number of hydrogen-bond donors (Lipinski definition) is 1. The Bertz CT molecular complexity index is 1220. The number of carbonyl (C=O) groups is 3. The Balaban J connectivity index is 1.11. The molecule has 0 saturated heterocycles. The molecule has 0 spiro atoms. The van der Waals surface area contributed by atoms with Gasteiger partial charge in [0.2, 0.25) is 5.91 Å². The number of methoxy groups -OCH3 is 1. The first kappa shape index (κ1) is 30.1. The zero-order valence-electron chi connectivity index (χ0n) is 24.9. The second kappa shape index (κ2) is 14.7. The number of benzene rings is 2. The van der Waals surface area contributed by atoms with Crippen molar-refractivity contribution in [3.63, 3.8) is 0 Å². The van der Waals surface area contributed by atoms with Crippen molar-refractivity contribution in [3.8, 4) is 11.5 Å². The van der Waals surface area contributed by atoms with Crippen LogP contribution in [0, 0.1) is 11.8 Å². The Kier molecular flexibility index (Phi) is 10.5. The number of nitrogens with one attached hydrogen (secondary N) is 1. The summed E-state index contributed by atoms with van der Waals surface area (Å²) < 4.78 is 17.0. The Morgan fingerprint density at radius 1 is 0.738 bits per heavy atom. The van der Waals surface area contributed by atoms with Crippen molar-refractivity contribution in [2.45, 2.75) is 108 Å². The van der Waals surface area contributed by atoms with Crippen molar-refractivity contribution >= 4 is 23.5 Å². The Morgan fingerprint density at radius 2 is 1.40 bits per heavy atom. The SMILES string of the molecule is COc1cc(CC(=O)Nc2cccc([C@H]3CC[C@@H](OC(=O)C4CCCCC4)CC3)c2)ccc1OC(=O)C1CCCCC1. The standard InChI is InChI=1S/C35H45NO6/c1-40-32-21-24(15-20-31(32)42-35(39)27-11-6-3-7-12-27)22-33(37)36-29-14-8-13-28(23-29)25-16-18-30(19-17-25)41-34(38)26-9-4-2-5-10-26/h8,13-15,20-21,23,25-27,30H,2-7,9-12,16-19,22H2,1H3,(H,36,37)/t25-,30+. The van der Waals surface area contributed by atoms with Crippen molar-refractivity contribution in [3.05, 3.63) is 53.6 Å². The van der Waals surface area contributed by atoms with Gasteiger partial charge in [0.25, 0.3) is 0 Å². The molecule has 226 valence electrons. The Hall–Kier alpha value is -3.35. The average molecular weight is 576 g/mol. The largest absolute Gasteiger partial charge is 0.493 e. The number of esters is 2. The molecule has 2 aromatic carbocycles. The molecular weight excluding hydrogens is 530 g/mol. The Labute approximate surface area is 249 Å². The van der Waals surface area contributed by atoms with Crippen LogP contribution < -0.4 is 14.8 Å². The second-order valence-corrected chi connectivity index (χ2v) is 12.3. The molecule has 0 heterocycles. The lowest BCUT2D eigenvalue weighted by molar-refractivity contribution is -0.156. The van der Waals surface area contributed by atoms with E-state index >= 15 is 0 Å². The van der Waals surface area contributed by atoms with Crippen LogP contribution in [0.4, 0.5) is 5.69 Å². The summed E-state index contributed by atoms with van der Waals surface area (Å²) in [6.45, 7) is 0. The second-order valence-electron chi connectivity index (χ2n) is 12.3. The molecule has 0 radical (unpaired) electrons. The lowest BCUT2D eigenvalue weighted by Crippen LogP contribution is -2.28. The summed E-state index contributed by atoms with van der Waals surface area (Å²) in [4.78, 5) is 38.1. The van der Waals surface area contributed by atoms with E-state index in [4.69, 9.17) is 14.2 Å². The summed E-state index contributed by atoms with van der Waals surface area (Å²) in [7, 11) is 1.54. The molecule has 0 atom stereocenters. The van der Waals surface area contributed by atoms with Gasteiger partial charge in [0.05, 0.1) is 25.4 Å². The van der Waals surface area contributed by atoms with Gasteiger partial charge in [-0.3, -0.25) is 14.4 Å². The van der Waals surface area contributed by atoms with Gasteiger partial charge in [-0.15, -0.1) is 0 Å². The van der Waals surface area contributed by atoms with Crippen molar-refractivity contribution in [2.24, 2.45) is 11.8 Å². The summed E-state index contributed by atoms with van der Waals surface area (Å²) >= 11 is 0. The highest BCUT2D eigenvalue weighted by Gasteiger charge is 2.29. The minimum absolute atomic E-state index is 0.00980. The molecule has 0 unspecified atom stereocenters. The molecule has 3 aliphatic rings. The normalized spacial score (nSPS) is 21.7. The van der Waals surface area contributed by atoms with Crippen LogP contribution in [-0.4, -0.2) is 31.1 Å². The maximum absolute atomic E-state index is 12.9. The third-order valence-electron chi connectivity index (χ3n) is 9.28. The highest BCUT2D eigenvalue weighted by atomic mass is 16.6. The number of hydrogen-bond acceptors (Lipinski definition) is 6. The number of amides is 1. The molecule has 0 bridgehead atoms. The van der Waals surface area contributed by atoms with Gasteiger partial charge >= 0.3 is 11.9 Å². The zero-order valence-corrected chi connectivity index (χ0v) is 24.9. The first-order valence-corrected chi connectivity index (χ1v) is 16.0. The molecule has 7 nitrogen and oxygen atoms in total. The molecule has 0 aromatic heterocycles. The number of ether oxygens (including phenoxy) is 3. The van der Waals surface area contributed by atoms with E-state index in [0.29, 0.717) is 17.4 Å². The van der Waals surface area contributed by atoms with E-state index < -0.39 is 0 Å². The van der Waals surface area contributed by atoms with Crippen molar-refractivity contribution in [1.29, 1.82) is 0 Å². The highest BCUT2D eigenvalue weighted by Crippen LogP contribution is 2.36. The molecule has 5 rings (SSSR count). The molecule has 0 aliphatic heterocycles. The van der Waals surface area contributed by atoms with Gasteiger partial charge in [0.15, 0.2) is 11.5 Å². The topological polar surface area (TPSA) is 90.9 Å². The summed E-state index contributed by atoms with van der Waals surface area (Å²) in [5, 5.41) is 3.03. The third kappa shape index (κ3) is 8.14. The smallest absolute Gasteiger partial charge is 0.314 e. The monoisotopic (exact) mass is 575 g/mol. The maximum Gasteiger partial charge on any atom is 0.314 e. The zero-order chi connectivity index (χ0) is 29.3. The number of anilines is 1. The molecular formula is C35H45NO6. The molecule has 7 heteroatoms. The summed E-state index contributed by atoms with van der Waals surface area (Å²) in [6, 6.07) is 13.4. The van der Waals surface area contributed by atoms with Crippen molar-refractivity contribution in [1.82, 2.24) is 0 Å². The Morgan fingerprint density at radius 3 is 2.07 bits per heavy atom. The van der Waals surface area contributed by atoms with Crippen LogP contribution in [-0.2, 0) is 25.5 Å². The minimum Gasteiger partial charge on any atom is -0.493 e. The van der Waals surface area contributed by atoms with E-state index in [9.17, 15) is 14.4 Å². The van der Waals surface area contributed by atoms with Crippen LogP contribution >= 0.6 is 0 Å². The summed E-state index contributed by atoms with van der Waals surface area (Å²) in [5.41, 5.74) is 2.75. The molecule has 1 amide bonds.